The van der Waals surface area contributed by atoms with Gasteiger partial charge in [0.2, 0.25) is 0 Å². The zero-order valence-corrected chi connectivity index (χ0v) is 11.2. The van der Waals surface area contributed by atoms with Gasteiger partial charge in [-0.25, -0.2) is 0 Å². The number of carbonyl (C=O) groups excluding carboxylic acids is 1. The third-order valence-corrected chi connectivity index (χ3v) is 4.35. The summed E-state index contributed by atoms with van der Waals surface area (Å²) >= 11 is 3.15. The number of Topliss-reactive ketones (excluding diaryl/α,β-unsaturated/α-hetero) is 1. The number of aromatic nitrogens is 1. The quantitative estimate of drug-likeness (QED) is 0.775. The van der Waals surface area contributed by atoms with Crippen molar-refractivity contribution >= 4 is 28.9 Å². The molecule has 0 aliphatic carbocycles. The van der Waals surface area contributed by atoms with Gasteiger partial charge in [-0.05, 0) is 18.6 Å². The Kier molecular flexibility index (Phi) is 4.34. The van der Waals surface area contributed by atoms with Gasteiger partial charge in [0.05, 0.1) is 11.3 Å². The predicted molar refractivity (Wildman–Crippen MR) is 72.7 cm³/mol. The molecule has 0 fully saturated rings. The van der Waals surface area contributed by atoms with Crippen molar-refractivity contribution in [3.63, 3.8) is 0 Å². The monoisotopic (exact) mass is 263 g/mol. The highest BCUT2D eigenvalue weighted by atomic mass is 32.2. The van der Waals surface area contributed by atoms with Crippen molar-refractivity contribution in [2.45, 2.75) is 18.2 Å². The normalized spacial score (nSPS) is 10.4. The molecular formula is C13H13NOS2. The lowest BCUT2D eigenvalue weighted by Crippen LogP contribution is -2.04. The van der Waals surface area contributed by atoms with Crippen molar-refractivity contribution in [3.8, 4) is 0 Å². The Labute approximate surface area is 109 Å². The summed E-state index contributed by atoms with van der Waals surface area (Å²) in [6.07, 6.45) is 2.27. The zero-order chi connectivity index (χ0) is 12.1. The average molecular weight is 263 g/mol. The van der Waals surface area contributed by atoms with Gasteiger partial charge in [-0.1, -0.05) is 18.2 Å². The topological polar surface area (TPSA) is 30.0 Å². The van der Waals surface area contributed by atoms with Crippen LogP contribution in [0.2, 0.25) is 0 Å². The first kappa shape index (κ1) is 12.3. The fourth-order valence-corrected chi connectivity index (χ4v) is 2.96. The first-order valence-electron chi connectivity index (χ1n) is 5.33. The second-order valence-corrected chi connectivity index (χ2v) is 5.73. The van der Waals surface area contributed by atoms with Crippen molar-refractivity contribution in [1.29, 1.82) is 0 Å². The summed E-state index contributed by atoms with van der Waals surface area (Å²) in [6.45, 7) is 2.07. The number of thioether (sulfide) groups is 1. The summed E-state index contributed by atoms with van der Waals surface area (Å²) in [5, 5.41) is 0. The maximum atomic E-state index is 11.8. The molecule has 0 spiro atoms. The standard InChI is InChI=1S/C13H13NOS2/c1-10-4-2-3-5-13(10)16-8-11(15)6-12-7-14-9-17-12/h2-5,7,9H,6,8H2,1H3. The van der Waals surface area contributed by atoms with E-state index < -0.39 is 0 Å². The molecule has 0 atom stereocenters. The van der Waals surface area contributed by atoms with Crippen LogP contribution >= 0.6 is 23.1 Å². The van der Waals surface area contributed by atoms with Crippen molar-refractivity contribution < 1.29 is 4.79 Å². The second-order valence-electron chi connectivity index (χ2n) is 3.74. The van der Waals surface area contributed by atoms with Gasteiger partial charge in [0.25, 0.3) is 0 Å². The average Bonchev–Trinajstić information content (AvgIpc) is 2.81. The fourth-order valence-electron chi connectivity index (χ4n) is 1.45. The van der Waals surface area contributed by atoms with Crippen LogP contribution in [0.1, 0.15) is 10.4 Å². The number of aryl methyl sites for hydroxylation is 1. The minimum atomic E-state index is 0.252. The number of rotatable bonds is 5. The molecule has 17 heavy (non-hydrogen) atoms. The largest absolute Gasteiger partial charge is 0.298 e. The van der Waals surface area contributed by atoms with E-state index in [0.717, 1.165) is 4.88 Å². The molecule has 88 valence electrons. The lowest BCUT2D eigenvalue weighted by atomic mass is 10.2. The molecule has 0 saturated heterocycles. The van der Waals surface area contributed by atoms with Crippen LogP contribution in [0.15, 0.2) is 40.9 Å². The van der Waals surface area contributed by atoms with Crippen LogP contribution in [0.3, 0.4) is 0 Å². The Hall–Kier alpha value is -1.13. The molecule has 0 unspecified atom stereocenters. The summed E-state index contributed by atoms with van der Waals surface area (Å²) in [5.74, 6) is 0.783. The van der Waals surface area contributed by atoms with E-state index in [1.54, 1.807) is 23.5 Å². The second kappa shape index (κ2) is 5.98. The SMILES string of the molecule is Cc1ccccc1SCC(=O)Cc1cncs1. The van der Waals surface area contributed by atoms with E-state index in [4.69, 9.17) is 0 Å². The third-order valence-electron chi connectivity index (χ3n) is 2.34. The van der Waals surface area contributed by atoms with E-state index in [1.807, 2.05) is 12.1 Å². The van der Waals surface area contributed by atoms with Crippen LogP contribution < -0.4 is 0 Å². The molecule has 0 N–H and O–H groups in total. The molecule has 0 aliphatic heterocycles. The van der Waals surface area contributed by atoms with Crippen LogP contribution in [-0.4, -0.2) is 16.5 Å². The number of benzene rings is 1. The van der Waals surface area contributed by atoms with E-state index in [2.05, 4.69) is 24.0 Å². The van der Waals surface area contributed by atoms with E-state index >= 15 is 0 Å². The van der Waals surface area contributed by atoms with Gasteiger partial charge in [-0.15, -0.1) is 23.1 Å². The van der Waals surface area contributed by atoms with Gasteiger partial charge in [-0.3, -0.25) is 9.78 Å². The fraction of sp³-hybridized carbons (Fsp3) is 0.231. The lowest BCUT2D eigenvalue weighted by molar-refractivity contribution is -0.115. The van der Waals surface area contributed by atoms with E-state index in [9.17, 15) is 4.79 Å². The molecule has 2 rings (SSSR count). The van der Waals surface area contributed by atoms with Crippen LogP contribution in [0.25, 0.3) is 0 Å². The van der Waals surface area contributed by atoms with Crippen molar-refractivity contribution in [3.05, 3.63) is 46.4 Å². The molecule has 1 aromatic carbocycles. The number of hydrogen-bond donors (Lipinski definition) is 0. The highest BCUT2D eigenvalue weighted by Gasteiger charge is 2.06. The number of nitrogens with zero attached hydrogens (tertiary/aromatic N) is 1. The zero-order valence-electron chi connectivity index (χ0n) is 9.55. The first-order chi connectivity index (χ1) is 8.25. The molecule has 2 aromatic rings. The molecule has 2 nitrogen and oxygen atoms in total. The van der Waals surface area contributed by atoms with Crippen molar-refractivity contribution in [2.75, 3.05) is 5.75 Å². The number of ketones is 1. The summed E-state index contributed by atoms with van der Waals surface area (Å²) in [6, 6.07) is 8.14. The number of hydrogen-bond acceptors (Lipinski definition) is 4. The van der Waals surface area contributed by atoms with Gasteiger partial charge in [0.1, 0.15) is 5.78 Å². The third kappa shape index (κ3) is 3.68. The van der Waals surface area contributed by atoms with Gasteiger partial charge < -0.3 is 0 Å². The Morgan fingerprint density at radius 3 is 2.94 bits per heavy atom. The minimum Gasteiger partial charge on any atom is -0.298 e. The Bertz CT molecular complexity index is 494. The Morgan fingerprint density at radius 2 is 2.24 bits per heavy atom. The van der Waals surface area contributed by atoms with Crippen molar-refractivity contribution in [1.82, 2.24) is 4.98 Å². The van der Waals surface area contributed by atoms with Gasteiger partial charge >= 0.3 is 0 Å². The lowest BCUT2D eigenvalue weighted by Gasteiger charge is -2.03. The van der Waals surface area contributed by atoms with E-state index in [-0.39, 0.29) is 5.78 Å². The van der Waals surface area contributed by atoms with Crippen LogP contribution in [0.5, 0.6) is 0 Å². The van der Waals surface area contributed by atoms with Gasteiger partial charge in [0, 0.05) is 22.4 Å². The summed E-state index contributed by atoms with van der Waals surface area (Å²) < 4.78 is 0. The highest BCUT2D eigenvalue weighted by Crippen LogP contribution is 2.22. The Balaban J connectivity index is 1.86. The summed E-state index contributed by atoms with van der Waals surface area (Å²) in [5.41, 5.74) is 2.99. The van der Waals surface area contributed by atoms with Gasteiger partial charge in [0.15, 0.2) is 0 Å². The molecular weight excluding hydrogens is 250 g/mol. The predicted octanol–water partition coefficient (Wildman–Crippen LogP) is 3.36. The first-order valence-corrected chi connectivity index (χ1v) is 7.20. The van der Waals surface area contributed by atoms with Crippen LogP contribution in [-0.2, 0) is 11.2 Å². The maximum Gasteiger partial charge on any atom is 0.148 e. The molecule has 1 aromatic heterocycles. The smallest absolute Gasteiger partial charge is 0.148 e. The molecule has 0 amide bonds. The number of carbonyl (C=O) groups is 1. The molecule has 4 heteroatoms. The summed E-state index contributed by atoms with van der Waals surface area (Å²) in [4.78, 5) is 17.9. The molecule has 0 saturated carbocycles. The Morgan fingerprint density at radius 1 is 1.41 bits per heavy atom. The minimum absolute atomic E-state index is 0.252. The van der Waals surface area contributed by atoms with Crippen LogP contribution in [0, 0.1) is 6.92 Å². The van der Waals surface area contributed by atoms with E-state index in [0.29, 0.717) is 12.2 Å². The van der Waals surface area contributed by atoms with Gasteiger partial charge in [-0.2, -0.15) is 0 Å². The summed E-state index contributed by atoms with van der Waals surface area (Å²) in [7, 11) is 0. The molecule has 1 heterocycles. The highest BCUT2D eigenvalue weighted by molar-refractivity contribution is 8.00. The van der Waals surface area contributed by atoms with Crippen LogP contribution in [0.4, 0.5) is 0 Å². The number of thiazole rings is 1. The molecule has 0 radical (unpaired) electrons. The molecule has 0 aliphatic rings. The van der Waals surface area contributed by atoms with E-state index in [1.165, 1.54) is 21.8 Å². The molecule has 0 bridgehead atoms. The maximum absolute atomic E-state index is 11.8. The van der Waals surface area contributed by atoms with Crippen molar-refractivity contribution in [2.24, 2.45) is 0 Å².